The van der Waals surface area contributed by atoms with Gasteiger partial charge in [-0.05, 0) is 49.4 Å². The van der Waals surface area contributed by atoms with Gasteiger partial charge in [-0.15, -0.1) is 0 Å². The van der Waals surface area contributed by atoms with Crippen molar-refractivity contribution in [2.45, 2.75) is 25.7 Å². The van der Waals surface area contributed by atoms with E-state index in [2.05, 4.69) is 5.32 Å². The highest BCUT2D eigenvalue weighted by atomic mass is 32.2. The molecule has 33 heavy (non-hydrogen) atoms. The predicted octanol–water partition coefficient (Wildman–Crippen LogP) is 2.70. The Morgan fingerprint density at radius 2 is 1.70 bits per heavy atom. The van der Waals surface area contributed by atoms with Gasteiger partial charge in [0.2, 0.25) is 26.0 Å². The molecule has 2 aromatic carbocycles. The number of piperidine rings is 1. The smallest absolute Gasteiger partial charge is 0.231 e. The van der Waals surface area contributed by atoms with Gasteiger partial charge in [-0.1, -0.05) is 36.4 Å². The SMILES string of the molecule is CN(c1cccc(NC(=O)C2CCN(S(=O)(=O)CCCc3ccccc3)CC2)c1)S(C)(=O)=O. The molecule has 3 rings (SSSR count). The average molecular weight is 494 g/mol. The quantitative estimate of drug-likeness (QED) is 0.578. The predicted molar refractivity (Wildman–Crippen MR) is 131 cm³/mol. The van der Waals surface area contributed by atoms with E-state index in [-0.39, 0.29) is 17.6 Å². The number of hydrogen-bond acceptors (Lipinski definition) is 5. The lowest BCUT2D eigenvalue weighted by atomic mass is 9.97. The molecule has 1 aliphatic rings. The van der Waals surface area contributed by atoms with Gasteiger partial charge in [0.1, 0.15) is 0 Å². The second-order valence-corrected chi connectivity index (χ2v) is 12.5. The van der Waals surface area contributed by atoms with Crippen LogP contribution in [-0.2, 0) is 31.3 Å². The van der Waals surface area contributed by atoms with E-state index in [9.17, 15) is 21.6 Å². The van der Waals surface area contributed by atoms with Crippen LogP contribution in [0.15, 0.2) is 54.6 Å². The number of carbonyl (C=O) groups is 1. The average Bonchev–Trinajstić information content (AvgIpc) is 2.79. The number of nitrogens with zero attached hydrogens (tertiary/aromatic N) is 2. The number of aryl methyl sites for hydroxylation is 1. The number of carbonyl (C=O) groups excluding carboxylic acids is 1. The molecule has 1 N–H and O–H groups in total. The van der Waals surface area contributed by atoms with Crippen molar-refractivity contribution in [2.75, 3.05) is 41.8 Å². The van der Waals surface area contributed by atoms with Gasteiger partial charge in [-0.3, -0.25) is 9.10 Å². The Balaban J connectivity index is 1.50. The third-order valence-electron chi connectivity index (χ3n) is 5.90. The molecule has 0 spiro atoms. The number of rotatable bonds is 9. The van der Waals surface area contributed by atoms with Crippen LogP contribution in [0.2, 0.25) is 0 Å². The number of nitrogens with one attached hydrogen (secondary N) is 1. The molecule has 0 aliphatic carbocycles. The molecule has 1 aliphatic heterocycles. The van der Waals surface area contributed by atoms with Gasteiger partial charge in [0.05, 0.1) is 17.7 Å². The van der Waals surface area contributed by atoms with E-state index in [1.807, 2.05) is 30.3 Å². The monoisotopic (exact) mass is 493 g/mol. The van der Waals surface area contributed by atoms with E-state index in [0.717, 1.165) is 16.1 Å². The van der Waals surface area contributed by atoms with Crippen molar-refractivity contribution in [3.8, 4) is 0 Å². The minimum absolute atomic E-state index is 0.0966. The zero-order chi connectivity index (χ0) is 24.1. The molecule has 10 heteroatoms. The van der Waals surface area contributed by atoms with Crippen LogP contribution >= 0.6 is 0 Å². The summed E-state index contributed by atoms with van der Waals surface area (Å²) in [6, 6.07) is 16.4. The Bertz CT molecular complexity index is 1160. The van der Waals surface area contributed by atoms with Crippen LogP contribution in [0, 0.1) is 5.92 Å². The molecule has 0 atom stereocenters. The lowest BCUT2D eigenvalue weighted by Gasteiger charge is -2.30. The second-order valence-electron chi connectivity index (χ2n) is 8.35. The number of amides is 1. The van der Waals surface area contributed by atoms with E-state index in [0.29, 0.717) is 50.1 Å². The first-order valence-electron chi connectivity index (χ1n) is 10.9. The molecule has 0 bridgehead atoms. The fourth-order valence-corrected chi connectivity index (χ4v) is 5.87. The normalized spacial score (nSPS) is 15.8. The molecule has 2 aromatic rings. The van der Waals surface area contributed by atoms with Crippen LogP contribution in [0.4, 0.5) is 11.4 Å². The Kier molecular flexibility index (Phi) is 8.14. The molecule has 0 unspecified atom stereocenters. The molecular formula is C23H31N3O5S2. The highest BCUT2D eigenvalue weighted by Gasteiger charge is 2.31. The Morgan fingerprint density at radius 1 is 1.03 bits per heavy atom. The van der Waals surface area contributed by atoms with Crippen molar-refractivity contribution >= 4 is 37.3 Å². The maximum Gasteiger partial charge on any atom is 0.231 e. The first-order valence-corrected chi connectivity index (χ1v) is 14.4. The van der Waals surface area contributed by atoms with E-state index in [1.54, 1.807) is 24.3 Å². The van der Waals surface area contributed by atoms with E-state index < -0.39 is 20.0 Å². The molecule has 1 saturated heterocycles. The Labute approximate surface area is 196 Å². The van der Waals surface area contributed by atoms with Crippen molar-refractivity contribution < 1.29 is 21.6 Å². The maximum absolute atomic E-state index is 12.7. The van der Waals surface area contributed by atoms with Crippen LogP contribution in [-0.4, -0.2) is 59.2 Å². The van der Waals surface area contributed by atoms with E-state index >= 15 is 0 Å². The molecule has 0 aromatic heterocycles. The van der Waals surface area contributed by atoms with Crippen LogP contribution < -0.4 is 9.62 Å². The number of benzene rings is 2. The first-order chi connectivity index (χ1) is 15.6. The fourth-order valence-electron chi connectivity index (χ4n) is 3.84. The summed E-state index contributed by atoms with van der Waals surface area (Å²) in [6.45, 7) is 0.644. The zero-order valence-corrected chi connectivity index (χ0v) is 20.6. The van der Waals surface area contributed by atoms with Crippen molar-refractivity contribution in [1.82, 2.24) is 4.31 Å². The highest BCUT2D eigenvalue weighted by Crippen LogP contribution is 2.24. The third kappa shape index (κ3) is 7.02. The summed E-state index contributed by atoms with van der Waals surface area (Å²) in [4.78, 5) is 12.7. The Hall–Kier alpha value is -2.43. The third-order valence-corrected chi connectivity index (χ3v) is 9.07. The van der Waals surface area contributed by atoms with Gasteiger partial charge in [0.15, 0.2) is 0 Å². The van der Waals surface area contributed by atoms with Gasteiger partial charge in [0.25, 0.3) is 0 Å². The van der Waals surface area contributed by atoms with Gasteiger partial charge in [-0.2, -0.15) is 0 Å². The summed E-state index contributed by atoms with van der Waals surface area (Å²) in [5.74, 6) is -0.383. The van der Waals surface area contributed by atoms with Crippen molar-refractivity contribution in [1.29, 1.82) is 0 Å². The molecule has 1 amide bonds. The summed E-state index contributed by atoms with van der Waals surface area (Å²) in [5, 5.41) is 2.84. The van der Waals surface area contributed by atoms with Gasteiger partial charge in [0, 0.05) is 31.7 Å². The summed E-state index contributed by atoms with van der Waals surface area (Å²) in [5.41, 5.74) is 2.07. The maximum atomic E-state index is 12.7. The number of anilines is 2. The van der Waals surface area contributed by atoms with Crippen molar-refractivity contribution in [2.24, 2.45) is 5.92 Å². The molecule has 0 saturated carbocycles. The first kappa shape index (κ1) is 25.2. The molecule has 180 valence electrons. The lowest BCUT2D eigenvalue weighted by molar-refractivity contribution is -0.120. The minimum Gasteiger partial charge on any atom is -0.326 e. The van der Waals surface area contributed by atoms with Crippen LogP contribution in [0.1, 0.15) is 24.8 Å². The van der Waals surface area contributed by atoms with Gasteiger partial charge >= 0.3 is 0 Å². The summed E-state index contributed by atoms with van der Waals surface area (Å²) in [6.07, 6.45) is 3.29. The Morgan fingerprint density at radius 3 is 2.33 bits per heavy atom. The summed E-state index contributed by atoms with van der Waals surface area (Å²) < 4.78 is 51.5. The minimum atomic E-state index is -3.41. The number of hydrogen-bond donors (Lipinski definition) is 1. The van der Waals surface area contributed by atoms with Crippen molar-refractivity contribution in [3.63, 3.8) is 0 Å². The lowest BCUT2D eigenvalue weighted by Crippen LogP contribution is -2.42. The van der Waals surface area contributed by atoms with E-state index in [1.165, 1.54) is 11.4 Å². The van der Waals surface area contributed by atoms with Crippen LogP contribution in [0.3, 0.4) is 0 Å². The standard InChI is InChI=1S/C23H31N3O5S2/c1-25(32(2,28)29)22-12-6-11-21(18-22)24-23(27)20-13-15-26(16-14-20)33(30,31)17-7-10-19-8-4-3-5-9-19/h3-6,8-9,11-12,18,20H,7,10,13-17H2,1-2H3,(H,24,27). The second kappa shape index (κ2) is 10.7. The summed E-state index contributed by atoms with van der Waals surface area (Å²) >= 11 is 0. The van der Waals surface area contributed by atoms with Gasteiger partial charge < -0.3 is 5.32 Å². The fraction of sp³-hybridized carbons (Fsp3) is 0.435. The molecule has 0 radical (unpaired) electrons. The van der Waals surface area contributed by atoms with Crippen molar-refractivity contribution in [3.05, 3.63) is 60.2 Å². The van der Waals surface area contributed by atoms with Crippen LogP contribution in [0.25, 0.3) is 0 Å². The highest BCUT2D eigenvalue weighted by molar-refractivity contribution is 7.92. The molecular weight excluding hydrogens is 462 g/mol. The van der Waals surface area contributed by atoms with E-state index in [4.69, 9.17) is 0 Å². The largest absolute Gasteiger partial charge is 0.326 e. The molecule has 1 heterocycles. The zero-order valence-electron chi connectivity index (χ0n) is 19.0. The molecule has 1 fully saturated rings. The molecule has 8 nitrogen and oxygen atoms in total. The topological polar surface area (TPSA) is 104 Å². The summed E-state index contributed by atoms with van der Waals surface area (Å²) in [7, 11) is -5.31. The van der Waals surface area contributed by atoms with Crippen LogP contribution in [0.5, 0.6) is 0 Å². The van der Waals surface area contributed by atoms with Gasteiger partial charge in [-0.25, -0.2) is 21.1 Å². The number of sulfonamides is 2.